The van der Waals surface area contributed by atoms with E-state index in [1.807, 2.05) is 0 Å². The number of sulfonamides is 1. The molecule has 0 aromatic heterocycles. The maximum Gasteiger partial charge on any atom is 0.242 e. The Balaban J connectivity index is 1.85. The normalized spacial score (nSPS) is 11.5. The van der Waals surface area contributed by atoms with E-state index in [4.69, 9.17) is 0 Å². The van der Waals surface area contributed by atoms with Gasteiger partial charge in [-0.15, -0.1) is 0 Å². The third-order valence-electron chi connectivity index (χ3n) is 3.72. The number of rotatable bonds is 7. The Hall–Kier alpha value is -2.25. The Bertz CT molecular complexity index is 834. The van der Waals surface area contributed by atoms with E-state index in [9.17, 15) is 17.6 Å². The van der Waals surface area contributed by atoms with Crippen LogP contribution in [0.3, 0.4) is 0 Å². The van der Waals surface area contributed by atoms with Crippen LogP contribution in [0.4, 0.5) is 4.39 Å². The molecule has 0 aliphatic carbocycles. The number of aryl methyl sites for hydroxylation is 1. The molecule has 0 spiro atoms. The molecule has 0 aliphatic rings. The Labute approximate surface area is 147 Å². The van der Waals surface area contributed by atoms with Gasteiger partial charge in [-0.25, -0.2) is 17.1 Å². The van der Waals surface area contributed by atoms with Crippen molar-refractivity contribution in [2.75, 3.05) is 14.1 Å². The number of carbonyl (C=O) groups is 1. The van der Waals surface area contributed by atoms with E-state index in [1.54, 1.807) is 24.3 Å². The van der Waals surface area contributed by atoms with E-state index >= 15 is 0 Å². The van der Waals surface area contributed by atoms with Gasteiger partial charge >= 0.3 is 0 Å². The lowest BCUT2D eigenvalue weighted by Crippen LogP contribution is -2.23. The van der Waals surface area contributed by atoms with Crippen LogP contribution in [-0.4, -0.2) is 32.7 Å². The molecular weight excluding hydrogens is 343 g/mol. The summed E-state index contributed by atoms with van der Waals surface area (Å²) in [6.07, 6.45) is 0.722. The molecule has 0 aliphatic heterocycles. The van der Waals surface area contributed by atoms with Crippen molar-refractivity contribution in [1.82, 2.24) is 9.62 Å². The van der Waals surface area contributed by atoms with Gasteiger partial charge < -0.3 is 5.32 Å². The summed E-state index contributed by atoms with van der Waals surface area (Å²) >= 11 is 0. The molecule has 134 valence electrons. The minimum absolute atomic E-state index is 0.144. The lowest BCUT2D eigenvalue weighted by molar-refractivity contribution is -0.121. The van der Waals surface area contributed by atoms with Crippen molar-refractivity contribution in [3.63, 3.8) is 0 Å². The van der Waals surface area contributed by atoms with Crippen LogP contribution in [0.25, 0.3) is 0 Å². The van der Waals surface area contributed by atoms with Crippen molar-refractivity contribution in [2.24, 2.45) is 0 Å². The van der Waals surface area contributed by atoms with Crippen molar-refractivity contribution in [3.05, 3.63) is 65.5 Å². The fourth-order valence-corrected chi connectivity index (χ4v) is 3.13. The topological polar surface area (TPSA) is 66.5 Å². The van der Waals surface area contributed by atoms with Crippen LogP contribution in [0.5, 0.6) is 0 Å². The second-order valence-electron chi connectivity index (χ2n) is 5.84. The first-order valence-corrected chi connectivity index (χ1v) is 9.25. The number of amides is 1. The summed E-state index contributed by atoms with van der Waals surface area (Å²) < 4.78 is 38.2. The first kappa shape index (κ1) is 19.1. The van der Waals surface area contributed by atoms with Gasteiger partial charge in [0.05, 0.1) is 4.90 Å². The number of hydrogen-bond acceptors (Lipinski definition) is 3. The van der Waals surface area contributed by atoms with Crippen LogP contribution in [0.1, 0.15) is 17.5 Å². The number of halogens is 1. The smallest absolute Gasteiger partial charge is 0.242 e. The highest BCUT2D eigenvalue weighted by atomic mass is 32.2. The number of benzene rings is 2. The second kappa shape index (κ2) is 8.22. The minimum Gasteiger partial charge on any atom is -0.352 e. The molecule has 0 radical (unpaired) electrons. The van der Waals surface area contributed by atoms with Gasteiger partial charge in [-0.3, -0.25) is 4.79 Å². The maximum absolute atomic E-state index is 13.1. The van der Waals surface area contributed by atoms with Gasteiger partial charge in [-0.05, 0) is 41.8 Å². The van der Waals surface area contributed by atoms with E-state index in [0.717, 1.165) is 15.4 Å². The van der Waals surface area contributed by atoms with Gasteiger partial charge in [0.1, 0.15) is 5.82 Å². The fourth-order valence-electron chi connectivity index (χ4n) is 2.23. The van der Waals surface area contributed by atoms with Crippen molar-refractivity contribution >= 4 is 15.9 Å². The average molecular weight is 364 g/mol. The van der Waals surface area contributed by atoms with Gasteiger partial charge in [0.25, 0.3) is 0 Å². The van der Waals surface area contributed by atoms with Gasteiger partial charge in [-0.1, -0.05) is 24.3 Å². The number of nitrogens with zero attached hydrogens (tertiary/aromatic N) is 1. The molecule has 0 heterocycles. The van der Waals surface area contributed by atoms with Crippen molar-refractivity contribution in [3.8, 4) is 0 Å². The van der Waals surface area contributed by atoms with Gasteiger partial charge in [0.2, 0.25) is 15.9 Å². The van der Waals surface area contributed by atoms with E-state index in [-0.39, 0.29) is 23.0 Å². The summed E-state index contributed by atoms with van der Waals surface area (Å²) in [5.41, 5.74) is 1.57. The highest BCUT2D eigenvalue weighted by molar-refractivity contribution is 7.89. The monoisotopic (exact) mass is 364 g/mol. The van der Waals surface area contributed by atoms with Crippen molar-refractivity contribution in [2.45, 2.75) is 24.3 Å². The molecule has 25 heavy (non-hydrogen) atoms. The van der Waals surface area contributed by atoms with Crippen molar-refractivity contribution < 1.29 is 17.6 Å². The molecule has 0 fully saturated rings. The molecule has 1 amide bonds. The van der Waals surface area contributed by atoms with E-state index in [2.05, 4.69) is 5.32 Å². The highest BCUT2D eigenvalue weighted by Crippen LogP contribution is 2.14. The summed E-state index contributed by atoms with van der Waals surface area (Å²) in [6.45, 7) is 0.310. The quantitative estimate of drug-likeness (QED) is 0.820. The molecule has 0 saturated heterocycles. The molecule has 7 heteroatoms. The Morgan fingerprint density at radius 3 is 2.36 bits per heavy atom. The molecule has 2 rings (SSSR count). The zero-order chi connectivity index (χ0) is 18.4. The van der Waals surface area contributed by atoms with Crippen LogP contribution >= 0.6 is 0 Å². The summed E-state index contributed by atoms with van der Waals surface area (Å²) in [6, 6.07) is 12.5. The molecular formula is C18H21FN2O3S. The molecule has 0 atom stereocenters. The number of hydrogen-bond donors (Lipinski definition) is 1. The van der Waals surface area contributed by atoms with E-state index < -0.39 is 10.0 Å². The van der Waals surface area contributed by atoms with Gasteiger partial charge in [0.15, 0.2) is 0 Å². The maximum atomic E-state index is 13.1. The molecule has 0 unspecified atom stereocenters. The Morgan fingerprint density at radius 1 is 1.08 bits per heavy atom. The lowest BCUT2D eigenvalue weighted by atomic mass is 10.1. The number of nitrogens with one attached hydrogen (secondary N) is 1. The largest absolute Gasteiger partial charge is 0.352 e. The SMILES string of the molecule is CN(C)S(=O)(=O)c1ccc(CNC(=O)CCc2cccc(F)c2)cc1. The zero-order valence-corrected chi connectivity index (χ0v) is 15.0. The second-order valence-corrected chi connectivity index (χ2v) is 7.99. The first-order chi connectivity index (χ1) is 11.8. The summed E-state index contributed by atoms with van der Waals surface area (Å²) in [5.74, 6) is -0.458. The fraction of sp³-hybridized carbons (Fsp3) is 0.278. The summed E-state index contributed by atoms with van der Waals surface area (Å²) in [7, 11) is -0.504. The van der Waals surface area contributed by atoms with Crippen LogP contribution in [0.15, 0.2) is 53.4 Å². The average Bonchev–Trinajstić information content (AvgIpc) is 2.58. The van der Waals surface area contributed by atoms with Crippen LogP contribution in [-0.2, 0) is 27.8 Å². The van der Waals surface area contributed by atoms with Crippen LogP contribution in [0, 0.1) is 5.82 Å². The lowest BCUT2D eigenvalue weighted by Gasteiger charge is -2.12. The molecule has 0 bridgehead atoms. The molecule has 1 N–H and O–H groups in total. The highest BCUT2D eigenvalue weighted by Gasteiger charge is 2.16. The number of carbonyl (C=O) groups excluding carboxylic acids is 1. The van der Waals surface area contributed by atoms with Crippen LogP contribution in [0.2, 0.25) is 0 Å². The molecule has 2 aromatic rings. The Morgan fingerprint density at radius 2 is 1.76 bits per heavy atom. The predicted molar refractivity (Wildman–Crippen MR) is 93.9 cm³/mol. The van der Waals surface area contributed by atoms with Gasteiger partial charge in [-0.2, -0.15) is 0 Å². The van der Waals surface area contributed by atoms with Crippen molar-refractivity contribution in [1.29, 1.82) is 0 Å². The molecule has 0 saturated carbocycles. The standard InChI is InChI=1S/C18H21FN2O3S/c1-21(2)25(23,24)17-9-6-15(7-10-17)13-20-18(22)11-8-14-4-3-5-16(19)12-14/h3-7,9-10,12H,8,11,13H2,1-2H3,(H,20,22). The third kappa shape index (κ3) is 5.37. The summed E-state index contributed by atoms with van der Waals surface area (Å²) in [5, 5.41) is 2.77. The van der Waals surface area contributed by atoms with Gasteiger partial charge in [0, 0.05) is 27.1 Å². The van der Waals surface area contributed by atoms with E-state index in [0.29, 0.717) is 13.0 Å². The molecule has 2 aromatic carbocycles. The third-order valence-corrected chi connectivity index (χ3v) is 5.55. The summed E-state index contributed by atoms with van der Waals surface area (Å²) in [4.78, 5) is 12.1. The van der Waals surface area contributed by atoms with Crippen LogP contribution < -0.4 is 5.32 Å². The Kier molecular flexibility index (Phi) is 6.27. The van der Waals surface area contributed by atoms with E-state index in [1.165, 1.54) is 38.4 Å². The predicted octanol–water partition coefficient (Wildman–Crippen LogP) is 2.33. The minimum atomic E-state index is -3.45. The first-order valence-electron chi connectivity index (χ1n) is 7.81. The molecule has 5 nitrogen and oxygen atoms in total. The zero-order valence-electron chi connectivity index (χ0n) is 14.2.